The molecule has 88 valence electrons. The van der Waals surface area contributed by atoms with Crippen molar-refractivity contribution < 1.29 is 4.74 Å². The van der Waals surface area contributed by atoms with Gasteiger partial charge in [0, 0.05) is 37.6 Å². The summed E-state index contributed by atoms with van der Waals surface area (Å²) in [6.45, 7) is 3.43. The Morgan fingerprint density at radius 2 is 2.19 bits per heavy atom. The Morgan fingerprint density at radius 3 is 2.94 bits per heavy atom. The molecule has 3 heterocycles. The van der Waals surface area contributed by atoms with E-state index in [0.717, 1.165) is 38.3 Å². The molecule has 1 saturated heterocycles. The summed E-state index contributed by atoms with van der Waals surface area (Å²) in [7, 11) is 0. The third-order valence-electron chi connectivity index (χ3n) is 3.78. The highest BCUT2D eigenvalue weighted by Gasteiger charge is 2.27. The first kappa shape index (κ1) is 10.3. The minimum absolute atomic E-state index is 0.576. The smallest absolute Gasteiger partial charge is 0.0797 e. The van der Waals surface area contributed by atoms with Gasteiger partial charge in [0.1, 0.15) is 0 Å². The van der Waals surface area contributed by atoms with E-state index < -0.39 is 0 Å². The van der Waals surface area contributed by atoms with Crippen LogP contribution >= 0.6 is 0 Å². The number of aromatic nitrogens is 2. The minimum Gasteiger partial charge on any atom is -0.381 e. The van der Waals surface area contributed by atoms with Gasteiger partial charge >= 0.3 is 0 Å². The van der Waals surface area contributed by atoms with Crippen LogP contribution in [0.3, 0.4) is 0 Å². The van der Waals surface area contributed by atoms with E-state index in [2.05, 4.69) is 9.78 Å². The van der Waals surface area contributed by atoms with Crippen LogP contribution in [0.2, 0.25) is 0 Å². The van der Waals surface area contributed by atoms with Crippen molar-refractivity contribution in [1.29, 1.82) is 0 Å². The normalized spacial score (nSPS) is 21.3. The van der Waals surface area contributed by atoms with Crippen molar-refractivity contribution in [2.45, 2.75) is 44.7 Å². The van der Waals surface area contributed by atoms with Gasteiger partial charge in [-0.1, -0.05) is 0 Å². The molecule has 0 atom stereocenters. The van der Waals surface area contributed by atoms with E-state index in [1.165, 1.54) is 24.1 Å². The molecule has 1 aromatic heterocycles. The predicted molar refractivity (Wildman–Crippen MR) is 61.2 cm³/mol. The molecule has 3 rings (SSSR count). The van der Waals surface area contributed by atoms with Gasteiger partial charge < -0.3 is 10.5 Å². The van der Waals surface area contributed by atoms with Crippen LogP contribution in [0.15, 0.2) is 0 Å². The fraction of sp³-hybridized carbons (Fsp3) is 0.750. The van der Waals surface area contributed by atoms with Crippen molar-refractivity contribution in [1.82, 2.24) is 9.78 Å². The average molecular weight is 221 g/mol. The molecular formula is C12H19N3O. The van der Waals surface area contributed by atoms with Crippen LogP contribution in [0, 0.1) is 0 Å². The van der Waals surface area contributed by atoms with Gasteiger partial charge in [-0.2, -0.15) is 5.10 Å². The molecule has 0 amide bonds. The molecule has 0 unspecified atom stereocenters. The Labute approximate surface area is 95.8 Å². The molecule has 0 spiro atoms. The molecular weight excluding hydrogens is 202 g/mol. The molecule has 0 bridgehead atoms. The van der Waals surface area contributed by atoms with Gasteiger partial charge in [0.15, 0.2) is 0 Å². The molecule has 0 aromatic carbocycles. The van der Waals surface area contributed by atoms with E-state index in [1.807, 2.05) is 0 Å². The molecule has 1 fully saturated rings. The number of fused-ring (bicyclic) bond motifs is 1. The topological polar surface area (TPSA) is 53.1 Å². The Hall–Kier alpha value is -0.870. The second-order valence-electron chi connectivity index (χ2n) is 4.72. The lowest BCUT2D eigenvalue weighted by atomic mass is 9.89. The van der Waals surface area contributed by atoms with Gasteiger partial charge in [-0.3, -0.25) is 4.68 Å². The molecule has 1 aromatic rings. The van der Waals surface area contributed by atoms with E-state index in [-0.39, 0.29) is 0 Å². The highest BCUT2D eigenvalue weighted by molar-refractivity contribution is 5.32. The van der Waals surface area contributed by atoms with Crippen LogP contribution in [-0.2, 0) is 24.2 Å². The van der Waals surface area contributed by atoms with Crippen LogP contribution in [-0.4, -0.2) is 23.0 Å². The average Bonchev–Trinajstić information content (AvgIpc) is 2.89. The number of ether oxygens (including phenoxy) is 1. The van der Waals surface area contributed by atoms with Crippen molar-refractivity contribution in [3.05, 3.63) is 17.0 Å². The first-order valence-corrected chi connectivity index (χ1v) is 6.26. The first-order chi connectivity index (χ1) is 7.90. The molecule has 2 aliphatic rings. The number of nitrogens with zero attached hydrogens (tertiary/aromatic N) is 2. The molecule has 16 heavy (non-hydrogen) atoms. The summed E-state index contributed by atoms with van der Waals surface area (Å²) in [4.78, 5) is 0. The zero-order chi connectivity index (χ0) is 11.0. The number of rotatable bonds is 2. The Balaban J connectivity index is 1.97. The van der Waals surface area contributed by atoms with Crippen LogP contribution < -0.4 is 5.73 Å². The van der Waals surface area contributed by atoms with E-state index in [9.17, 15) is 0 Å². The maximum atomic E-state index is 5.81. The largest absolute Gasteiger partial charge is 0.381 e. The minimum atomic E-state index is 0.576. The third kappa shape index (κ3) is 1.57. The van der Waals surface area contributed by atoms with E-state index in [4.69, 9.17) is 10.5 Å². The lowest BCUT2D eigenvalue weighted by Gasteiger charge is -2.23. The Kier molecular flexibility index (Phi) is 2.69. The fourth-order valence-corrected chi connectivity index (χ4v) is 3.02. The predicted octanol–water partition coefficient (Wildman–Crippen LogP) is 1.18. The lowest BCUT2D eigenvalue weighted by molar-refractivity contribution is 0.0850. The van der Waals surface area contributed by atoms with Gasteiger partial charge in [-0.05, 0) is 31.6 Å². The Bertz CT molecular complexity index is 380. The van der Waals surface area contributed by atoms with Crippen molar-refractivity contribution in [2.75, 3.05) is 13.2 Å². The van der Waals surface area contributed by atoms with Crippen molar-refractivity contribution >= 4 is 0 Å². The lowest BCUT2D eigenvalue weighted by Crippen LogP contribution is -2.16. The number of hydrogen-bond donors (Lipinski definition) is 1. The quantitative estimate of drug-likeness (QED) is 0.816. The zero-order valence-corrected chi connectivity index (χ0v) is 9.61. The second kappa shape index (κ2) is 4.18. The van der Waals surface area contributed by atoms with Crippen LogP contribution in [0.25, 0.3) is 0 Å². The van der Waals surface area contributed by atoms with E-state index in [1.54, 1.807) is 0 Å². The fourth-order valence-electron chi connectivity index (χ4n) is 3.02. The highest BCUT2D eigenvalue weighted by Crippen LogP contribution is 2.34. The third-order valence-corrected chi connectivity index (χ3v) is 3.78. The van der Waals surface area contributed by atoms with Crippen molar-refractivity contribution in [3.63, 3.8) is 0 Å². The SMILES string of the molecule is NCc1nn2c(c1C1CCOCC1)CCC2. The van der Waals surface area contributed by atoms with Crippen LogP contribution in [0.4, 0.5) is 0 Å². The summed E-state index contributed by atoms with van der Waals surface area (Å²) in [5.41, 5.74) is 9.85. The highest BCUT2D eigenvalue weighted by atomic mass is 16.5. The monoisotopic (exact) mass is 221 g/mol. The number of nitrogens with two attached hydrogens (primary N) is 1. The van der Waals surface area contributed by atoms with Crippen molar-refractivity contribution in [2.24, 2.45) is 5.73 Å². The molecule has 0 radical (unpaired) electrons. The molecule has 4 heteroatoms. The molecule has 4 nitrogen and oxygen atoms in total. The summed E-state index contributed by atoms with van der Waals surface area (Å²) < 4.78 is 7.61. The summed E-state index contributed by atoms with van der Waals surface area (Å²) in [6.07, 6.45) is 4.68. The standard InChI is InChI=1S/C12H19N3O/c13-8-10-12(9-3-6-16-7-4-9)11-2-1-5-15(11)14-10/h9H,1-8,13H2. The van der Waals surface area contributed by atoms with Crippen LogP contribution in [0.5, 0.6) is 0 Å². The van der Waals surface area contributed by atoms with Gasteiger partial charge in [0.2, 0.25) is 0 Å². The molecule has 0 aliphatic carbocycles. The summed E-state index contributed by atoms with van der Waals surface area (Å²) in [6, 6.07) is 0. The van der Waals surface area contributed by atoms with Gasteiger partial charge in [-0.15, -0.1) is 0 Å². The van der Waals surface area contributed by atoms with Crippen LogP contribution in [0.1, 0.15) is 42.1 Å². The van der Waals surface area contributed by atoms with Gasteiger partial charge in [-0.25, -0.2) is 0 Å². The molecule has 2 N–H and O–H groups in total. The number of hydrogen-bond acceptors (Lipinski definition) is 3. The van der Waals surface area contributed by atoms with E-state index in [0.29, 0.717) is 12.5 Å². The maximum Gasteiger partial charge on any atom is 0.0797 e. The zero-order valence-electron chi connectivity index (χ0n) is 9.61. The van der Waals surface area contributed by atoms with E-state index >= 15 is 0 Å². The molecule has 2 aliphatic heterocycles. The summed E-state index contributed by atoms with van der Waals surface area (Å²) >= 11 is 0. The molecule has 0 saturated carbocycles. The summed E-state index contributed by atoms with van der Waals surface area (Å²) in [5, 5.41) is 4.64. The first-order valence-electron chi connectivity index (χ1n) is 6.26. The van der Waals surface area contributed by atoms with Gasteiger partial charge in [0.05, 0.1) is 5.69 Å². The maximum absolute atomic E-state index is 5.81. The van der Waals surface area contributed by atoms with Gasteiger partial charge in [0.25, 0.3) is 0 Å². The van der Waals surface area contributed by atoms with Crippen molar-refractivity contribution in [3.8, 4) is 0 Å². The Morgan fingerprint density at radius 1 is 1.38 bits per heavy atom. The second-order valence-corrected chi connectivity index (χ2v) is 4.72. The summed E-state index contributed by atoms with van der Waals surface area (Å²) in [5.74, 6) is 0.633. The number of aryl methyl sites for hydroxylation is 1.